The van der Waals surface area contributed by atoms with Crippen LogP contribution in [0, 0.1) is 0 Å². The molecule has 0 unspecified atom stereocenters. The van der Waals surface area contributed by atoms with Crippen molar-refractivity contribution in [1.82, 2.24) is 9.13 Å². The number of hydrogen-bond donors (Lipinski definition) is 0. The standard InChI is InChI=1S/C36H26N2/c1-3-10-33-25(2)30-11-4-7-14-34(30)37(33)28-21-17-26(18-22-28)27-19-23-29(24-20-27)38-35-15-8-5-12-31(35)32-13-6-9-16-36(32)38/h3-24H,1-2H2/b33-10+. The summed E-state index contributed by atoms with van der Waals surface area (Å²) in [6.45, 7) is 8.26. The Balaban J connectivity index is 1.29. The lowest BCUT2D eigenvalue weighted by Crippen LogP contribution is -2.26. The molecule has 5 aromatic carbocycles. The lowest BCUT2D eigenvalue weighted by atomic mass is 10.0. The van der Waals surface area contributed by atoms with Gasteiger partial charge in [-0.15, -0.1) is 0 Å². The first-order valence-corrected chi connectivity index (χ1v) is 12.9. The summed E-state index contributed by atoms with van der Waals surface area (Å²) in [5.74, 6) is 0. The van der Waals surface area contributed by atoms with Gasteiger partial charge in [0.05, 0.1) is 21.9 Å². The molecule has 0 amide bonds. The third-order valence-corrected chi connectivity index (χ3v) is 7.46. The fraction of sp³-hybridized carbons (Fsp3) is 0. The van der Waals surface area contributed by atoms with Gasteiger partial charge in [-0.3, -0.25) is 0 Å². The third kappa shape index (κ3) is 3.35. The normalized spacial score (nSPS) is 12.1. The second-order valence-electron chi connectivity index (χ2n) is 9.58. The van der Waals surface area contributed by atoms with Crippen LogP contribution in [-0.2, 0) is 0 Å². The van der Waals surface area contributed by atoms with Crippen molar-refractivity contribution in [2.24, 2.45) is 0 Å². The van der Waals surface area contributed by atoms with Gasteiger partial charge in [0.2, 0.25) is 0 Å². The predicted octanol–water partition coefficient (Wildman–Crippen LogP) is 7.77. The van der Waals surface area contributed by atoms with Crippen molar-refractivity contribution >= 4 is 45.4 Å². The molecule has 2 aromatic heterocycles. The van der Waals surface area contributed by atoms with Crippen LogP contribution in [0.25, 0.3) is 67.9 Å². The van der Waals surface area contributed by atoms with E-state index in [0.29, 0.717) is 0 Å². The molecule has 0 N–H and O–H groups in total. The summed E-state index contributed by atoms with van der Waals surface area (Å²) in [5, 5.41) is 5.79. The van der Waals surface area contributed by atoms with Crippen molar-refractivity contribution in [1.29, 1.82) is 0 Å². The van der Waals surface area contributed by atoms with E-state index in [4.69, 9.17) is 0 Å². The van der Waals surface area contributed by atoms with Gasteiger partial charge in [-0.05, 0) is 59.7 Å². The minimum absolute atomic E-state index is 1.02. The minimum atomic E-state index is 1.02. The number of allylic oxidation sites excluding steroid dienone is 1. The first-order valence-electron chi connectivity index (χ1n) is 12.9. The van der Waals surface area contributed by atoms with E-state index in [1.165, 1.54) is 32.9 Å². The summed E-state index contributed by atoms with van der Waals surface area (Å²) in [4.78, 5) is 0. The molecular formula is C36H26N2. The van der Waals surface area contributed by atoms with Gasteiger partial charge >= 0.3 is 0 Å². The molecule has 180 valence electrons. The first kappa shape index (κ1) is 22.1. The first-order chi connectivity index (χ1) is 18.7. The molecule has 0 fully saturated rings. The lowest BCUT2D eigenvalue weighted by molar-refractivity contribution is 1.07. The molecule has 0 saturated carbocycles. The molecular weight excluding hydrogens is 460 g/mol. The van der Waals surface area contributed by atoms with Gasteiger partial charge in [-0.1, -0.05) is 98.1 Å². The zero-order valence-corrected chi connectivity index (χ0v) is 21.0. The van der Waals surface area contributed by atoms with Gasteiger partial charge in [-0.25, -0.2) is 0 Å². The van der Waals surface area contributed by atoms with Crippen LogP contribution in [0.4, 0.5) is 0 Å². The molecule has 0 aliphatic carbocycles. The van der Waals surface area contributed by atoms with E-state index in [2.05, 4.69) is 144 Å². The van der Waals surface area contributed by atoms with Gasteiger partial charge in [0, 0.05) is 32.8 Å². The number of aromatic nitrogens is 2. The summed E-state index contributed by atoms with van der Waals surface area (Å²) < 4.78 is 4.61. The van der Waals surface area contributed by atoms with Gasteiger partial charge in [-0.2, -0.15) is 0 Å². The number of fused-ring (bicyclic) bond motifs is 4. The van der Waals surface area contributed by atoms with E-state index in [1.807, 2.05) is 12.2 Å². The molecule has 7 rings (SSSR count). The summed E-state index contributed by atoms with van der Waals surface area (Å²) in [5.41, 5.74) is 8.23. The summed E-state index contributed by atoms with van der Waals surface area (Å²) >= 11 is 0. The van der Waals surface area contributed by atoms with Crippen LogP contribution in [0.3, 0.4) is 0 Å². The van der Waals surface area contributed by atoms with Crippen molar-refractivity contribution in [2.45, 2.75) is 0 Å². The zero-order valence-electron chi connectivity index (χ0n) is 21.0. The van der Waals surface area contributed by atoms with Gasteiger partial charge in [0.15, 0.2) is 0 Å². The van der Waals surface area contributed by atoms with Crippen molar-refractivity contribution in [3.8, 4) is 22.5 Å². The second kappa shape index (κ2) is 8.79. The number of rotatable bonds is 4. The van der Waals surface area contributed by atoms with E-state index in [0.717, 1.165) is 32.8 Å². The van der Waals surface area contributed by atoms with E-state index in [9.17, 15) is 0 Å². The SMILES string of the molecule is C=C/C=c1\c(=C)c2ccccc2n1-c1ccc(-c2ccc(-n3c4ccccc4c4ccccc43)cc2)cc1. The third-order valence-electron chi connectivity index (χ3n) is 7.46. The maximum Gasteiger partial charge on any atom is 0.0541 e. The van der Waals surface area contributed by atoms with Crippen molar-refractivity contribution in [2.75, 3.05) is 0 Å². The molecule has 0 aliphatic heterocycles. The predicted molar refractivity (Wildman–Crippen MR) is 162 cm³/mol. The average molecular weight is 487 g/mol. The second-order valence-corrected chi connectivity index (χ2v) is 9.58. The van der Waals surface area contributed by atoms with Gasteiger partial charge < -0.3 is 9.13 Å². The van der Waals surface area contributed by atoms with E-state index >= 15 is 0 Å². The lowest BCUT2D eigenvalue weighted by Gasteiger charge is -2.11. The van der Waals surface area contributed by atoms with E-state index in [-0.39, 0.29) is 0 Å². The van der Waals surface area contributed by atoms with Crippen molar-refractivity contribution < 1.29 is 0 Å². The minimum Gasteiger partial charge on any atom is -0.309 e. The fourth-order valence-corrected chi connectivity index (χ4v) is 5.70. The van der Waals surface area contributed by atoms with Gasteiger partial charge in [0.25, 0.3) is 0 Å². The van der Waals surface area contributed by atoms with E-state index < -0.39 is 0 Å². The number of benzene rings is 5. The summed E-state index contributed by atoms with van der Waals surface area (Å²) in [6.07, 6.45) is 3.86. The molecule has 0 atom stereocenters. The Labute approximate surface area is 221 Å². The molecule has 0 saturated heterocycles. The highest BCUT2D eigenvalue weighted by atomic mass is 15.0. The smallest absolute Gasteiger partial charge is 0.0541 e. The highest BCUT2D eigenvalue weighted by Gasteiger charge is 2.12. The van der Waals surface area contributed by atoms with Gasteiger partial charge in [0.1, 0.15) is 0 Å². The maximum atomic E-state index is 4.34. The monoisotopic (exact) mass is 486 g/mol. The molecule has 0 aliphatic rings. The molecule has 2 heterocycles. The summed E-state index contributed by atoms with van der Waals surface area (Å²) in [6, 6.07) is 43.3. The van der Waals surface area contributed by atoms with Crippen LogP contribution in [0.1, 0.15) is 0 Å². The summed E-state index contributed by atoms with van der Waals surface area (Å²) in [7, 11) is 0. The highest BCUT2D eigenvalue weighted by Crippen LogP contribution is 2.32. The van der Waals surface area contributed by atoms with Crippen LogP contribution >= 0.6 is 0 Å². The Kier molecular flexibility index (Phi) is 5.12. The maximum absolute atomic E-state index is 4.34. The van der Waals surface area contributed by atoms with Crippen molar-refractivity contribution in [3.63, 3.8) is 0 Å². The van der Waals surface area contributed by atoms with Crippen LogP contribution in [0.15, 0.2) is 134 Å². The number of para-hydroxylation sites is 3. The Morgan fingerprint density at radius 1 is 0.474 bits per heavy atom. The molecule has 0 bridgehead atoms. The fourth-order valence-electron chi connectivity index (χ4n) is 5.70. The molecule has 2 heteroatoms. The van der Waals surface area contributed by atoms with E-state index in [1.54, 1.807) is 0 Å². The van der Waals surface area contributed by atoms with Crippen LogP contribution < -0.4 is 10.6 Å². The molecule has 0 radical (unpaired) electrons. The Morgan fingerprint density at radius 2 is 0.895 bits per heavy atom. The zero-order chi connectivity index (χ0) is 25.6. The Hall–Kier alpha value is -5.08. The highest BCUT2D eigenvalue weighted by molar-refractivity contribution is 6.09. The Bertz CT molecular complexity index is 2030. The Morgan fingerprint density at radius 3 is 1.39 bits per heavy atom. The molecule has 7 aromatic rings. The average Bonchev–Trinajstić information content (AvgIpc) is 3.46. The molecule has 2 nitrogen and oxygen atoms in total. The topological polar surface area (TPSA) is 9.86 Å². The van der Waals surface area contributed by atoms with Crippen molar-refractivity contribution in [3.05, 3.63) is 145 Å². The van der Waals surface area contributed by atoms with Crippen LogP contribution in [0.2, 0.25) is 0 Å². The van der Waals surface area contributed by atoms with Crippen LogP contribution in [0.5, 0.6) is 0 Å². The number of nitrogens with zero attached hydrogens (tertiary/aromatic N) is 2. The largest absolute Gasteiger partial charge is 0.309 e. The molecule has 0 spiro atoms. The quantitative estimate of drug-likeness (QED) is 0.240. The number of hydrogen-bond acceptors (Lipinski definition) is 0. The van der Waals surface area contributed by atoms with Crippen LogP contribution in [-0.4, -0.2) is 9.13 Å². The molecule has 38 heavy (non-hydrogen) atoms.